The van der Waals surface area contributed by atoms with Gasteiger partial charge in [0.1, 0.15) is 6.54 Å². The van der Waals surface area contributed by atoms with Gasteiger partial charge in [-0.1, -0.05) is 0 Å². The zero-order chi connectivity index (χ0) is 21.3. The number of aromatic nitrogens is 2. The third kappa shape index (κ3) is 4.53. The zero-order valence-electron chi connectivity index (χ0n) is 16.8. The van der Waals surface area contributed by atoms with E-state index < -0.39 is 15.3 Å². The van der Waals surface area contributed by atoms with Gasteiger partial charge in [0.15, 0.2) is 12.0 Å². The number of rotatable bonds is 7. The molecular weight excluding hydrogens is 422 g/mol. The number of aryl methyl sites for hydroxylation is 1. The van der Waals surface area contributed by atoms with Crippen LogP contribution in [0.5, 0.6) is 0 Å². The van der Waals surface area contributed by atoms with Crippen LogP contribution >= 0.6 is 11.9 Å². The molecular formula is C19H23N7O2S2+. The molecule has 1 aromatic heterocycles. The third-order valence-corrected chi connectivity index (χ3v) is 7.17. The van der Waals surface area contributed by atoms with E-state index in [4.69, 9.17) is 0 Å². The normalized spacial score (nSPS) is 16.5. The van der Waals surface area contributed by atoms with Crippen LogP contribution in [0.25, 0.3) is 0 Å². The largest absolute Gasteiger partial charge is 0.300 e. The van der Waals surface area contributed by atoms with E-state index in [1.165, 1.54) is 0 Å². The molecule has 1 aromatic carbocycles. The number of hydrogen-bond donors (Lipinski definition) is 3. The number of aromatic amines is 1. The number of fused-ring (bicyclic) bond motifs is 1. The maximum absolute atomic E-state index is 12.0. The van der Waals surface area contributed by atoms with Crippen molar-refractivity contribution < 1.29 is 8.42 Å². The van der Waals surface area contributed by atoms with Gasteiger partial charge in [-0.05, 0) is 61.9 Å². The number of anilines is 2. The molecule has 3 heterocycles. The molecule has 9 nitrogen and oxygen atoms in total. The fourth-order valence-corrected chi connectivity index (χ4v) is 4.38. The molecule has 4 rings (SSSR count). The summed E-state index contributed by atoms with van der Waals surface area (Å²) in [5.74, 6) is 2.47. The van der Waals surface area contributed by atoms with Crippen LogP contribution < -0.4 is 14.9 Å². The molecule has 0 unspecified atom stereocenters. The minimum absolute atomic E-state index is 0.488. The Labute approximate surface area is 180 Å². The number of nitrogens with one attached hydrogen (secondary N) is 3. The molecule has 3 N–H and O–H groups in total. The van der Waals surface area contributed by atoms with Crippen molar-refractivity contribution in [2.75, 3.05) is 16.6 Å². The first-order valence-electron chi connectivity index (χ1n) is 9.40. The average Bonchev–Trinajstić information content (AvgIpc) is 3.32. The summed E-state index contributed by atoms with van der Waals surface area (Å²) >= 11 is 1.54. The first kappa shape index (κ1) is 20.5. The van der Waals surface area contributed by atoms with Crippen molar-refractivity contribution in [3.63, 3.8) is 0 Å². The summed E-state index contributed by atoms with van der Waals surface area (Å²) in [6, 6.07) is 9.25. The highest BCUT2D eigenvalue weighted by molar-refractivity contribution is 7.97. The first-order chi connectivity index (χ1) is 14.3. The maximum atomic E-state index is 12.0. The molecule has 30 heavy (non-hydrogen) atoms. The average molecular weight is 446 g/mol. The lowest BCUT2D eigenvalue weighted by Gasteiger charge is -2.24. The highest BCUT2D eigenvalue weighted by Crippen LogP contribution is 2.29. The molecule has 1 radical (unpaired) electrons. The summed E-state index contributed by atoms with van der Waals surface area (Å²) in [6.45, 7) is 5.87. The van der Waals surface area contributed by atoms with Gasteiger partial charge in [-0.3, -0.25) is 19.4 Å². The van der Waals surface area contributed by atoms with Gasteiger partial charge < -0.3 is 0 Å². The Balaban J connectivity index is 1.48. The van der Waals surface area contributed by atoms with Crippen LogP contribution in [0.2, 0.25) is 0 Å². The topological polar surface area (TPSA) is 108 Å². The second-order valence-corrected chi connectivity index (χ2v) is 10.5. The molecule has 2 aliphatic rings. The van der Waals surface area contributed by atoms with Crippen LogP contribution in [0.15, 0.2) is 64.6 Å². The van der Waals surface area contributed by atoms with Crippen LogP contribution in [0.3, 0.4) is 0 Å². The van der Waals surface area contributed by atoms with Crippen molar-refractivity contribution >= 4 is 39.3 Å². The summed E-state index contributed by atoms with van der Waals surface area (Å²) in [4.78, 5) is 7.41. The molecule has 0 bridgehead atoms. The van der Waals surface area contributed by atoms with Crippen molar-refractivity contribution in [1.82, 2.24) is 19.4 Å². The van der Waals surface area contributed by atoms with E-state index in [1.54, 1.807) is 44.1 Å². The van der Waals surface area contributed by atoms with Gasteiger partial charge in [-0.25, -0.2) is 8.42 Å². The number of nitrogens with zero attached hydrogens (tertiary/aromatic N) is 4. The monoisotopic (exact) mass is 445 g/mol. The van der Waals surface area contributed by atoms with Crippen LogP contribution in [-0.2, 0) is 10.0 Å². The second kappa shape index (κ2) is 8.17. The molecule has 2 aromatic rings. The lowest BCUT2D eigenvalue weighted by Crippen LogP contribution is -2.42. The Morgan fingerprint density at radius 1 is 1.27 bits per heavy atom. The molecule has 0 fully saturated rings. The smallest absolute Gasteiger partial charge is 0.285 e. The summed E-state index contributed by atoms with van der Waals surface area (Å²) in [7, 11) is -3.36. The molecule has 0 aliphatic carbocycles. The SMILES string of the molecule is Cc1cc(NC2=CN(Sc3ccc(NS(=O)(=O)C(C)C)cc3)CC3=NC=C[N+]23)n[nH]1. The molecule has 0 saturated carbocycles. The Kier molecular flexibility index (Phi) is 5.58. The Morgan fingerprint density at radius 2 is 2.03 bits per heavy atom. The van der Waals surface area contributed by atoms with Gasteiger partial charge >= 0.3 is 0 Å². The molecule has 157 valence electrons. The minimum atomic E-state index is -3.36. The summed E-state index contributed by atoms with van der Waals surface area (Å²) in [5, 5.41) is 9.99. The van der Waals surface area contributed by atoms with Crippen LogP contribution in [0.4, 0.5) is 11.5 Å². The fourth-order valence-electron chi connectivity index (χ4n) is 2.82. The Bertz CT molecular complexity index is 1120. The van der Waals surface area contributed by atoms with E-state index in [9.17, 15) is 8.42 Å². The van der Waals surface area contributed by atoms with Gasteiger partial charge in [-0.15, -0.1) is 0 Å². The Hall–Kier alpha value is -2.76. The number of hydrogen-bond acceptors (Lipinski definition) is 8. The number of amidine groups is 1. The number of H-pyrrole nitrogens is 1. The van der Waals surface area contributed by atoms with E-state index >= 15 is 0 Å². The van der Waals surface area contributed by atoms with Crippen LogP contribution in [0.1, 0.15) is 19.5 Å². The van der Waals surface area contributed by atoms with Gasteiger partial charge in [0, 0.05) is 22.3 Å². The van der Waals surface area contributed by atoms with Crippen molar-refractivity contribution in [3.05, 3.63) is 60.4 Å². The van der Waals surface area contributed by atoms with Crippen LogP contribution in [0, 0.1) is 6.92 Å². The molecule has 0 saturated heterocycles. The summed E-state index contributed by atoms with van der Waals surface area (Å²) in [6.07, 6.45) is 5.68. The summed E-state index contributed by atoms with van der Waals surface area (Å²) in [5.41, 5.74) is 1.52. The van der Waals surface area contributed by atoms with Gasteiger partial charge in [0.2, 0.25) is 10.0 Å². The number of benzene rings is 1. The van der Waals surface area contributed by atoms with E-state index in [-0.39, 0.29) is 0 Å². The van der Waals surface area contributed by atoms with Gasteiger partial charge in [0.05, 0.1) is 17.6 Å². The zero-order valence-corrected chi connectivity index (χ0v) is 18.5. The van der Waals surface area contributed by atoms with E-state index in [2.05, 4.69) is 29.5 Å². The molecule has 0 atom stereocenters. The van der Waals surface area contributed by atoms with Gasteiger partial charge in [0.25, 0.3) is 11.7 Å². The molecule has 0 spiro atoms. The standard InChI is InChI=1S/C19H23N7O2S2/c1-13(2)30(27,28)24-15-4-6-16(7-5-15)29-25-11-18-20-8-9-26(18)19(12-25)21-17-10-14(3)22-23-17/h4-10,12-13,24H,11H2,1-3H3,(H2,21,22,23)/q+1. The molecule has 2 aliphatic heterocycles. The van der Waals surface area contributed by atoms with Crippen molar-refractivity contribution in [1.29, 1.82) is 0 Å². The van der Waals surface area contributed by atoms with Crippen molar-refractivity contribution in [2.24, 2.45) is 4.99 Å². The predicted molar refractivity (Wildman–Crippen MR) is 120 cm³/mol. The second-order valence-electron chi connectivity index (χ2n) is 7.18. The van der Waals surface area contributed by atoms with Crippen molar-refractivity contribution in [3.8, 4) is 0 Å². The minimum Gasteiger partial charge on any atom is -0.300 e. The first-order valence-corrected chi connectivity index (χ1v) is 11.7. The summed E-state index contributed by atoms with van der Waals surface area (Å²) < 4.78 is 28.7. The highest BCUT2D eigenvalue weighted by Gasteiger charge is 2.37. The van der Waals surface area contributed by atoms with E-state index in [0.29, 0.717) is 12.2 Å². The highest BCUT2D eigenvalue weighted by atomic mass is 32.2. The van der Waals surface area contributed by atoms with Crippen LogP contribution in [-0.4, -0.2) is 40.6 Å². The maximum Gasteiger partial charge on any atom is 0.285 e. The number of sulfonamides is 1. The fraction of sp³-hybridized carbons (Fsp3) is 0.263. The quantitative estimate of drug-likeness (QED) is 0.446. The molecule has 11 heteroatoms. The predicted octanol–water partition coefficient (Wildman–Crippen LogP) is 3.13. The molecule has 0 amide bonds. The number of aliphatic imine (C=N–C) groups is 1. The van der Waals surface area contributed by atoms with E-state index in [1.807, 2.05) is 42.4 Å². The van der Waals surface area contributed by atoms with E-state index in [0.717, 1.165) is 28.1 Å². The van der Waals surface area contributed by atoms with Crippen molar-refractivity contribution in [2.45, 2.75) is 30.9 Å². The lowest BCUT2D eigenvalue weighted by atomic mass is 10.3. The third-order valence-electron chi connectivity index (χ3n) is 4.46. The Morgan fingerprint density at radius 3 is 2.70 bits per heavy atom. The van der Waals surface area contributed by atoms with Gasteiger partial charge in [-0.2, -0.15) is 10.1 Å². The lowest BCUT2D eigenvalue weighted by molar-refractivity contribution is 0.593.